The van der Waals surface area contributed by atoms with Crippen LogP contribution in [0.25, 0.3) is 0 Å². The van der Waals surface area contributed by atoms with Gasteiger partial charge in [0.2, 0.25) is 5.88 Å². The largest absolute Gasteiger partial charge is 0.481 e. The first-order valence-corrected chi connectivity index (χ1v) is 6.48. The second kappa shape index (κ2) is 5.50. The highest BCUT2D eigenvalue weighted by Gasteiger charge is 2.28. The fraction of sp³-hybridized carbons (Fsp3) is 0.643. The van der Waals surface area contributed by atoms with Crippen molar-refractivity contribution in [3.05, 3.63) is 23.9 Å². The number of rotatable bonds is 3. The SMILES string of the molecule is COc1ncccc1C1CCCCN1C(C)C. The molecule has 17 heavy (non-hydrogen) atoms. The van der Waals surface area contributed by atoms with Crippen LogP contribution < -0.4 is 4.74 Å². The third-order valence-corrected chi connectivity index (χ3v) is 3.56. The van der Waals surface area contributed by atoms with Crippen molar-refractivity contribution in [2.75, 3.05) is 13.7 Å². The number of hydrogen-bond acceptors (Lipinski definition) is 3. The highest BCUT2D eigenvalue weighted by Crippen LogP contribution is 2.35. The molecule has 2 rings (SSSR count). The lowest BCUT2D eigenvalue weighted by Crippen LogP contribution is -2.38. The Morgan fingerprint density at radius 1 is 1.41 bits per heavy atom. The molecule has 1 atom stereocenters. The molecule has 3 heteroatoms. The molecule has 94 valence electrons. The zero-order chi connectivity index (χ0) is 12.3. The molecule has 0 N–H and O–H groups in total. The number of piperidine rings is 1. The molecule has 1 aliphatic heterocycles. The Balaban J connectivity index is 2.29. The van der Waals surface area contributed by atoms with Crippen LogP contribution in [-0.4, -0.2) is 29.6 Å². The van der Waals surface area contributed by atoms with Gasteiger partial charge in [-0.05, 0) is 39.3 Å². The quantitative estimate of drug-likeness (QED) is 0.804. The predicted molar refractivity (Wildman–Crippen MR) is 69.2 cm³/mol. The highest BCUT2D eigenvalue weighted by molar-refractivity contribution is 5.29. The lowest BCUT2D eigenvalue weighted by Gasteiger charge is -2.39. The first kappa shape index (κ1) is 12.4. The number of pyridine rings is 1. The summed E-state index contributed by atoms with van der Waals surface area (Å²) in [6.07, 6.45) is 5.61. The molecular weight excluding hydrogens is 212 g/mol. The Labute approximate surface area is 104 Å². The zero-order valence-electron chi connectivity index (χ0n) is 11.0. The van der Waals surface area contributed by atoms with Crippen molar-refractivity contribution in [2.24, 2.45) is 0 Å². The monoisotopic (exact) mass is 234 g/mol. The topological polar surface area (TPSA) is 25.4 Å². The van der Waals surface area contributed by atoms with Gasteiger partial charge < -0.3 is 4.74 Å². The standard InChI is InChI=1S/C14H22N2O/c1-11(2)16-10-5-4-8-13(16)12-7-6-9-15-14(12)17-3/h6-7,9,11,13H,4-5,8,10H2,1-3H3. The van der Waals surface area contributed by atoms with Crippen LogP contribution in [-0.2, 0) is 0 Å². The smallest absolute Gasteiger partial charge is 0.217 e. The van der Waals surface area contributed by atoms with Gasteiger partial charge >= 0.3 is 0 Å². The number of ether oxygens (including phenoxy) is 1. The molecule has 1 aromatic rings. The van der Waals surface area contributed by atoms with E-state index in [1.54, 1.807) is 13.3 Å². The van der Waals surface area contributed by atoms with E-state index in [4.69, 9.17) is 4.74 Å². The van der Waals surface area contributed by atoms with Gasteiger partial charge in [-0.1, -0.05) is 12.5 Å². The molecule has 0 bridgehead atoms. The normalized spacial score (nSPS) is 21.8. The van der Waals surface area contributed by atoms with Crippen molar-refractivity contribution in [3.63, 3.8) is 0 Å². The number of aromatic nitrogens is 1. The van der Waals surface area contributed by atoms with Crippen LogP contribution in [0.4, 0.5) is 0 Å². The van der Waals surface area contributed by atoms with E-state index in [0.717, 1.165) is 5.88 Å². The third-order valence-electron chi connectivity index (χ3n) is 3.56. The van der Waals surface area contributed by atoms with Crippen LogP contribution in [0, 0.1) is 0 Å². The minimum atomic E-state index is 0.465. The van der Waals surface area contributed by atoms with E-state index in [9.17, 15) is 0 Å². The summed E-state index contributed by atoms with van der Waals surface area (Å²) >= 11 is 0. The van der Waals surface area contributed by atoms with Crippen molar-refractivity contribution in [1.82, 2.24) is 9.88 Å². The molecule has 0 spiro atoms. The third kappa shape index (κ3) is 2.60. The van der Waals surface area contributed by atoms with Crippen LogP contribution in [0.1, 0.15) is 44.7 Å². The van der Waals surface area contributed by atoms with E-state index in [0.29, 0.717) is 12.1 Å². The van der Waals surface area contributed by atoms with Gasteiger partial charge in [-0.3, -0.25) is 4.90 Å². The summed E-state index contributed by atoms with van der Waals surface area (Å²) in [6, 6.07) is 5.19. The molecule has 2 heterocycles. The van der Waals surface area contributed by atoms with Gasteiger partial charge in [-0.2, -0.15) is 0 Å². The van der Waals surface area contributed by atoms with Gasteiger partial charge in [0.05, 0.1) is 7.11 Å². The minimum absolute atomic E-state index is 0.465. The van der Waals surface area contributed by atoms with Crippen molar-refractivity contribution in [3.8, 4) is 5.88 Å². The molecule has 0 radical (unpaired) electrons. The average molecular weight is 234 g/mol. The molecule has 1 saturated heterocycles. The average Bonchev–Trinajstić information content (AvgIpc) is 2.38. The maximum atomic E-state index is 5.39. The Kier molecular flexibility index (Phi) is 4.00. The molecule has 1 fully saturated rings. The Hall–Kier alpha value is -1.09. The van der Waals surface area contributed by atoms with Crippen molar-refractivity contribution < 1.29 is 4.74 Å². The highest BCUT2D eigenvalue weighted by atomic mass is 16.5. The molecule has 0 aromatic carbocycles. The van der Waals surface area contributed by atoms with Crippen molar-refractivity contribution in [2.45, 2.75) is 45.2 Å². The van der Waals surface area contributed by atoms with Crippen LogP contribution in [0.3, 0.4) is 0 Å². The Morgan fingerprint density at radius 3 is 2.94 bits per heavy atom. The van der Waals surface area contributed by atoms with Gasteiger partial charge in [0, 0.05) is 23.8 Å². The molecule has 0 amide bonds. The Bertz CT molecular complexity index is 365. The number of hydrogen-bond donors (Lipinski definition) is 0. The van der Waals surface area contributed by atoms with Crippen molar-refractivity contribution >= 4 is 0 Å². The van der Waals surface area contributed by atoms with Gasteiger partial charge in [-0.15, -0.1) is 0 Å². The molecule has 3 nitrogen and oxygen atoms in total. The van der Waals surface area contributed by atoms with Crippen LogP contribution in [0.5, 0.6) is 5.88 Å². The van der Waals surface area contributed by atoms with Gasteiger partial charge in [0.25, 0.3) is 0 Å². The molecule has 0 saturated carbocycles. The van der Waals surface area contributed by atoms with Crippen LogP contribution >= 0.6 is 0 Å². The molecule has 0 aliphatic carbocycles. The summed E-state index contributed by atoms with van der Waals surface area (Å²) in [5, 5.41) is 0. The van der Waals surface area contributed by atoms with E-state index >= 15 is 0 Å². The van der Waals surface area contributed by atoms with Crippen molar-refractivity contribution in [1.29, 1.82) is 0 Å². The molecular formula is C14H22N2O. The first-order chi connectivity index (χ1) is 8.24. The van der Waals surface area contributed by atoms with E-state index in [1.165, 1.54) is 31.4 Å². The number of likely N-dealkylation sites (tertiary alicyclic amines) is 1. The Morgan fingerprint density at radius 2 is 2.24 bits per heavy atom. The fourth-order valence-corrected chi connectivity index (χ4v) is 2.73. The van der Waals surface area contributed by atoms with Gasteiger partial charge in [0.1, 0.15) is 0 Å². The van der Waals surface area contributed by atoms with Gasteiger partial charge in [0.15, 0.2) is 0 Å². The van der Waals surface area contributed by atoms with Crippen LogP contribution in [0.15, 0.2) is 18.3 Å². The van der Waals surface area contributed by atoms with Gasteiger partial charge in [-0.25, -0.2) is 4.98 Å². The second-order valence-corrected chi connectivity index (χ2v) is 4.95. The summed E-state index contributed by atoms with van der Waals surface area (Å²) in [4.78, 5) is 6.88. The maximum absolute atomic E-state index is 5.39. The molecule has 1 unspecified atom stereocenters. The summed E-state index contributed by atoms with van der Waals surface area (Å²) in [5.74, 6) is 0.782. The summed E-state index contributed by atoms with van der Waals surface area (Å²) in [5.41, 5.74) is 1.24. The lowest BCUT2D eigenvalue weighted by molar-refractivity contribution is 0.109. The number of methoxy groups -OCH3 is 1. The predicted octanol–water partition coefficient (Wildman–Crippen LogP) is 3.03. The summed E-state index contributed by atoms with van der Waals surface area (Å²) in [6.45, 7) is 5.71. The van der Waals surface area contributed by atoms with Crippen LogP contribution in [0.2, 0.25) is 0 Å². The summed E-state index contributed by atoms with van der Waals surface area (Å²) < 4.78 is 5.39. The fourth-order valence-electron chi connectivity index (χ4n) is 2.73. The lowest BCUT2D eigenvalue weighted by atomic mass is 9.94. The minimum Gasteiger partial charge on any atom is -0.481 e. The summed E-state index contributed by atoms with van der Waals surface area (Å²) in [7, 11) is 1.70. The van der Waals surface area contributed by atoms with E-state index < -0.39 is 0 Å². The van der Waals surface area contributed by atoms with E-state index in [2.05, 4.69) is 29.8 Å². The first-order valence-electron chi connectivity index (χ1n) is 6.48. The zero-order valence-corrected chi connectivity index (χ0v) is 11.0. The molecule has 1 aromatic heterocycles. The van der Waals surface area contributed by atoms with E-state index in [-0.39, 0.29) is 0 Å². The maximum Gasteiger partial charge on any atom is 0.217 e. The number of nitrogens with zero attached hydrogens (tertiary/aromatic N) is 2. The second-order valence-electron chi connectivity index (χ2n) is 4.95. The van der Waals surface area contributed by atoms with E-state index in [1.807, 2.05) is 6.07 Å². The molecule has 1 aliphatic rings.